The second-order valence-electron chi connectivity index (χ2n) is 4.64. The highest BCUT2D eigenvalue weighted by Gasteiger charge is 2.33. The van der Waals surface area contributed by atoms with Gasteiger partial charge in [0.15, 0.2) is 5.50 Å². The van der Waals surface area contributed by atoms with Crippen LogP contribution in [0.5, 0.6) is 0 Å². The third kappa shape index (κ3) is 2.99. The maximum Gasteiger partial charge on any atom is 0.276 e. The summed E-state index contributed by atoms with van der Waals surface area (Å²) in [7, 11) is 0. The minimum Gasteiger partial charge on any atom is -0.352 e. The van der Waals surface area contributed by atoms with Crippen LogP contribution in [0.4, 0.5) is 5.69 Å². The zero-order chi connectivity index (χ0) is 14.8. The van der Waals surface area contributed by atoms with Crippen LogP contribution < -0.4 is 10.2 Å². The third-order valence-corrected chi connectivity index (χ3v) is 4.08. The van der Waals surface area contributed by atoms with Crippen molar-refractivity contribution in [3.05, 3.63) is 70.3 Å². The Balaban J connectivity index is 1.90. The molecule has 5 heteroatoms. The van der Waals surface area contributed by atoms with Gasteiger partial charge in [-0.3, -0.25) is 9.69 Å². The summed E-state index contributed by atoms with van der Waals surface area (Å²) < 4.78 is 1.01. The van der Waals surface area contributed by atoms with Crippen molar-refractivity contribution in [1.29, 1.82) is 0 Å². The molecule has 1 amide bonds. The van der Waals surface area contributed by atoms with Gasteiger partial charge < -0.3 is 5.32 Å². The van der Waals surface area contributed by atoms with Gasteiger partial charge in [0.25, 0.3) is 5.91 Å². The molecule has 1 unspecified atom stereocenters. The van der Waals surface area contributed by atoms with Crippen LogP contribution in [0.3, 0.4) is 0 Å². The molecular weight excluding hydrogens is 348 g/mol. The van der Waals surface area contributed by atoms with Crippen molar-refractivity contribution in [2.75, 3.05) is 4.90 Å². The number of nitrogens with zero attached hydrogens (tertiary/aromatic N) is 1. The molecule has 106 valence electrons. The van der Waals surface area contributed by atoms with Gasteiger partial charge in [-0.05, 0) is 35.9 Å². The molecule has 0 bridgehead atoms. The van der Waals surface area contributed by atoms with Gasteiger partial charge in [0.2, 0.25) is 0 Å². The third-order valence-electron chi connectivity index (χ3n) is 3.19. The van der Waals surface area contributed by atoms with Crippen molar-refractivity contribution in [1.82, 2.24) is 5.32 Å². The first kappa shape index (κ1) is 14.2. The van der Waals surface area contributed by atoms with Crippen molar-refractivity contribution >= 4 is 46.2 Å². The average Bonchev–Trinajstić information content (AvgIpc) is 2.77. The monoisotopic (exact) mass is 360 g/mol. The van der Waals surface area contributed by atoms with Gasteiger partial charge in [-0.15, -0.1) is 12.6 Å². The molecule has 1 fully saturated rings. The molecule has 0 radical (unpaired) electrons. The number of thiol groups is 1. The molecule has 2 aromatic rings. The predicted molar refractivity (Wildman–Crippen MR) is 92.0 cm³/mol. The summed E-state index contributed by atoms with van der Waals surface area (Å²) in [6.07, 6.45) is 1.83. The molecule has 1 atom stereocenters. The topological polar surface area (TPSA) is 32.3 Å². The van der Waals surface area contributed by atoms with Crippen molar-refractivity contribution < 1.29 is 4.79 Å². The number of carbonyl (C=O) groups is 1. The normalized spacial score (nSPS) is 19.9. The van der Waals surface area contributed by atoms with E-state index in [1.807, 2.05) is 60.7 Å². The number of hydrogen-bond donors (Lipinski definition) is 2. The Kier molecular flexibility index (Phi) is 4.03. The van der Waals surface area contributed by atoms with Crippen molar-refractivity contribution in [2.24, 2.45) is 0 Å². The molecule has 21 heavy (non-hydrogen) atoms. The molecule has 0 spiro atoms. The molecule has 1 heterocycles. The van der Waals surface area contributed by atoms with Gasteiger partial charge in [0.1, 0.15) is 5.70 Å². The van der Waals surface area contributed by atoms with Crippen LogP contribution >= 0.6 is 28.6 Å². The number of anilines is 1. The zero-order valence-corrected chi connectivity index (χ0v) is 13.5. The smallest absolute Gasteiger partial charge is 0.276 e. The highest BCUT2D eigenvalue weighted by atomic mass is 79.9. The Labute approximate surface area is 137 Å². The van der Waals surface area contributed by atoms with E-state index in [0.29, 0.717) is 5.70 Å². The number of benzene rings is 2. The standard InChI is InChI=1S/C16H13BrN2OS/c17-12-8-6-11(7-9-12)10-14-15(20)19(16(21)18-14)13-4-2-1-3-5-13/h1-10,16,18,21H/b14-10-. The van der Waals surface area contributed by atoms with Gasteiger partial charge in [-0.25, -0.2) is 0 Å². The Morgan fingerprint density at radius 3 is 2.43 bits per heavy atom. The summed E-state index contributed by atoms with van der Waals surface area (Å²) >= 11 is 7.84. The van der Waals surface area contributed by atoms with Gasteiger partial charge in [0.05, 0.1) is 0 Å². The molecule has 0 aromatic heterocycles. The minimum atomic E-state index is -0.360. The Bertz CT molecular complexity index is 685. The number of para-hydroxylation sites is 1. The van der Waals surface area contributed by atoms with Gasteiger partial charge in [-0.2, -0.15) is 0 Å². The van der Waals surface area contributed by atoms with Crippen LogP contribution in [0.25, 0.3) is 6.08 Å². The number of nitrogens with one attached hydrogen (secondary N) is 1. The molecular formula is C16H13BrN2OS. The van der Waals surface area contributed by atoms with Crippen LogP contribution in [0.1, 0.15) is 5.56 Å². The van der Waals surface area contributed by atoms with Crippen molar-refractivity contribution in [3.8, 4) is 0 Å². The van der Waals surface area contributed by atoms with Crippen LogP contribution in [-0.4, -0.2) is 11.4 Å². The zero-order valence-electron chi connectivity index (χ0n) is 11.0. The van der Waals surface area contributed by atoms with E-state index in [0.717, 1.165) is 15.7 Å². The van der Waals surface area contributed by atoms with Crippen molar-refractivity contribution in [3.63, 3.8) is 0 Å². The highest BCUT2D eigenvalue weighted by Crippen LogP contribution is 2.26. The quantitative estimate of drug-likeness (QED) is 0.632. The number of amides is 1. The lowest BCUT2D eigenvalue weighted by Crippen LogP contribution is -2.32. The minimum absolute atomic E-state index is 0.0795. The summed E-state index contributed by atoms with van der Waals surface area (Å²) in [4.78, 5) is 14.2. The maximum atomic E-state index is 12.5. The summed E-state index contributed by atoms with van der Waals surface area (Å²) in [5, 5.41) is 3.11. The number of hydrogen-bond acceptors (Lipinski definition) is 3. The number of rotatable bonds is 2. The first-order valence-electron chi connectivity index (χ1n) is 6.45. The number of carbonyl (C=O) groups excluding carboxylic acids is 1. The largest absolute Gasteiger partial charge is 0.352 e. The van der Waals surface area contributed by atoms with Crippen LogP contribution in [0.2, 0.25) is 0 Å². The van der Waals surface area contributed by atoms with Crippen molar-refractivity contribution in [2.45, 2.75) is 5.50 Å². The molecule has 3 rings (SSSR count). The molecule has 1 saturated heterocycles. The van der Waals surface area contributed by atoms with E-state index in [9.17, 15) is 4.79 Å². The Hall–Kier alpha value is -1.72. The molecule has 1 aliphatic rings. The summed E-state index contributed by atoms with van der Waals surface area (Å²) in [5.74, 6) is -0.0795. The first-order valence-corrected chi connectivity index (χ1v) is 7.76. The summed E-state index contributed by atoms with van der Waals surface area (Å²) in [6.45, 7) is 0. The van der Waals surface area contributed by atoms with E-state index in [2.05, 4.69) is 33.9 Å². The van der Waals surface area contributed by atoms with Gasteiger partial charge in [0, 0.05) is 10.2 Å². The second-order valence-corrected chi connectivity index (χ2v) is 6.04. The molecule has 3 nitrogen and oxygen atoms in total. The fourth-order valence-corrected chi connectivity index (χ4v) is 2.82. The number of halogens is 1. The maximum absolute atomic E-state index is 12.5. The molecule has 1 aliphatic heterocycles. The first-order chi connectivity index (χ1) is 10.1. The van der Waals surface area contributed by atoms with E-state index in [1.54, 1.807) is 4.90 Å². The van der Waals surface area contributed by atoms with E-state index in [-0.39, 0.29) is 11.4 Å². The molecule has 0 aliphatic carbocycles. The van der Waals surface area contributed by atoms with E-state index in [1.165, 1.54) is 0 Å². The van der Waals surface area contributed by atoms with Gasteiger partial charge in [-0.1, -0.05) is 46.3 Å². The van der Waals surface area contributed by atoms with Crippen LogP contribution in [0.15, 0.2) is 64.8 Å². The fourth-order valence-electron chi connectivity index (χ4n) is 2.18. The van der Waals surface area contributed by atoms with Crippen LogP contribution in [-0.2, 0) is 4.79 Å². The lowest BCUT2D eigenvalue weighted by molar-refractivity contribution is -0.114. The van der Waals surface area contributed by atoms with Gasteiger partial charge >= 0.3 is 0 Å². The van der Waals surface area contributed by atoms with E-state index >= 15 is 0 Å². The Morgan fingerprint density at radius 1 is 1.10 bits per heavy atom. The molecule has 1 N–H and O–H groups in total. The SMILES string of the molecule is O=C1/C(=C/c2ccc(Br)cc2)NC(S)N1c1ccccc1. The predicted octanol–water partition coefficient (Wildman–Crippen LogP) is 3.64. The molecule has 0 saturated carbocycles. The lowest BCUT2D eigenvalue weighted by Gasteiger charge is -2.19. The lowest BCUT2D eigenvalue weighted by atomic mass is 10.2. The highest BCUT2D eigenvalue weighted by molar-refractivity contribution is 9.10. The van der Waals surface area contributed by atoms with E-state index in [4.69, 9.17) is 0 Å². The summed E-state index contributed by atoms with van der Waals surface area (Å²) in [6, 6.07) is 17.3. The fraction of sp³-hybridized carbons (Fsp3) is 0.0625. The molecule has 2 aromatic carbocycles. The average molecular weight is 361 g/mol. The summed E-state index contributed by atoms with van der Waals surface area (Å²) in [5.41, 5.74) is 1.97. The van der Waals surface area contributed by atoms with Crippen LogP contribution in [0, 0.1) is 0 Å². The second kappa shape index (κ2) is 5.95. The van der Waals surface area contributed by atoms with E-state index < -0.39 is 0 Å². The Morgan fingerprint density at radius 2 is 1.76 bits per heavy atom.